The lowest BCUT2D eigenvalue weighted by atomic mass is 9.89. The van der Waals surface area contributed by atoms with Gasteiger partial charge in [-0.3, -0.25) is 9.79 Å². The summed E-state index contributed by atoms with van der Waals surface area (Å²) >= 11 is 0. The first-order valence-electron chi connectivity index (χ1n) is 9.04. The number of carbonyl (C=O) groups is 1. The molecule has 0 radical (unpaired) electrons. The molecule has 2 aromatic rings. The van der Waals surface area contributed by atoms with Gasteiger partial charge in [-0.25, -0.2) is 12.8 Å². The standard InChI is InChI=1S/C22H18FNO4S/c1-12-21-17(10-20(25)26)13(2)24-18(21)11-19(22(12)23)29(27,28)16-8-7-14-5-3-4-6-15(14)9-16/h3-9H,10-11H2,1-2H3,(H,25,26). The molecule has 7 heteroatoms. The van der Waals surface area contributed by atoms with Crippen molar-refractivity contribution >= 4 is 32.3 Å². The Labute approximate surface area is 167 Å². The van der Waals surface area contributed by atoms with Crippen LogP contribution in [0.15, 0.2) is 85.5 Å². The van der Waals surface area contributed by atoms with Gasteiger partial charge in [0.15, 0.2) is 0 Å². The number of hydrogen-bond acceptors (Lipinski definition) is 4. The number of rotatable bonds is 4. The molecule has 0 aromatic heterocycles. The van der Waals surface area contributed by atoms with Crippen molar-refractivity contribution in [3.63, 3.8) is 0 Å². The highest BCUT2D eigenvalue weighted by molar-refractivity contribution is 7.95. The van der Waals surface area contributed by atoms with Gasteiger partial charge in [-0.05, 0) is 47.9 Å². The molecule has 0 amide bonds. The van der Waals surface area contributed by atoms with Crippen molar-refractivity contribution in [2.75, 3.05) is 0 Å². The number of hydrogen-bond donors (Lipinski definition) is 1. The van der Waals surface area contributed by atoms with Gasteiger partial charge in [0, 0.05) is 17.7 Å². The zero-order valence-corrected chi connectivity index (χ0v) is 16.7. The van der Waals surface area contributed by atoms with Crippen LogP contribution in [-0.4, -0.2) is 25.2 Å². The van der Waals surface area contributed by atoms with Crippen LogP contribution in [0.3, 0.4) is 0 Å². The van der Waals surface area contributed by atoms with Gasteiger partial charge < -0.3 is 5.11 Å². The van der Waals surface area contributed by atoms with Crippen LogP contribution < -0.4 is 0 Å². The summed E-state index contributed by atoms with van der Waals surface area (Å²) < 4.78 is 41.7. The predicted octanol–water partition coefficient (Wildman–Crippen LogP) is 4.72. The maximum absolute atomic E-state index is 15.2. The van der Waals surface area contributed by atoms with E-state index in [1.54, 1.807) is 19.1 Å². The van der Waals surface area contributed by atoms with Crippen LogP contribution in [0.4, 0.5) is 4.39 Å². The van der Waals surface area contributed by atoms with Crippen LogP contribution in [0.2, 0.25) is 0 Å². The van der Waals surface area contributed by atoms with E-state index in [0.717, 1.165) is 10.8 Å². The van der Waals surface area contributed by atoms with Crippen molar-refractivity contribution in [2.45, 2.75) is 31.6 Å². The fourth-order valence-electron chi connectivity index (χ4n) is 3.86. The molecule has 1 aliphatic heterocycles. The second-order valence-electron chi connectivity index (χ2n) is 7.12. The van der Waals surface area contributed by atoms with Crippen molar-refractivity contribution in [1.82, 2.24) is 0 Å². The van der Waals surface area contributed by atoms with Crippen LogP contribution in [-0.2, 0) is 14.6 Å². The molecule has 0 atom stereocenters. The lowest BCUT2D eigenvalue weighted by molar-refractivity contribution is -0.136. The molecule has 0 saturated carbocycles. The Balaban J connectivity index is 1.83. The van der Waals surface area contributed by atoms with Gasteiger partial charge in [-0.1, -0.05) is 30.3 Å². The van der Waals surface area contributed by atoms with Gasteiger partial charge >= 0.3 is 5.97 Å². The smallest absolute Gasteiger partial charge is 0.307 e. The van der Waals surface area contributed by atoms with Crippen LogP contribution in [0.1, 0.15) is 26.7 Å². The first kappa shape index (κ1) is 19.3. The average molecular weight is 411 g/mol. The first-order valence-corrected chi connectivity index (χ1v) is 10.5. The van der Waals surface area contributed by atoms with Gasteiger partial charge in [0.1, 0.15) is 5.83 Å². The van der Waals surface area contributed by atoms with Crippen molar-refractivity contribution in [3.05, 3.63) is 75.6 Å². The molecular weight excluding hydrogens is 393 g/mol. The van der Waals surface area contributed by atoms with E-state index in [0.29, 0.717) is 22.6 Å². The zero-order chi connectivity index (χ0) is 20.9. The number of sulfone groups is 1. The number of carboxylic acids is 1. The quantitative estimate of drug-likeness (QED) is 0.789. The molecule has 0 fully saturated rings. The second-order valence-corrected chi connectivity index (χ2v) is 9.09. The summed E-state index contributed by atoms with van der Waals surface area (Å²) in [5, 5.41) is 10.8. The van der Waals surface area contributed by atoms with Crippen LogP contribution in [0.5, 0.6) is 0 Å². The Morgan fingerprint density at radius 1 is 1.14 bits per heavy atom. The maximum Gasteiger partial charge on any atom is 0.307 e. The summed E-state index contributed by atoms with van der Waals surface area (Å²) in [5.41, 5.74) is 1.84. The SMILES string of the molecule is CC1=C(CC(=O)O)C2=C(C)C(F)=C(S(=O)(=O)c3ccc4ccccc4c3)CC2=N1. The number of aliphatic carboxylic acids is 1. The Morgan fingerprint density at radius 3 is 2.52 bits per heavy atom. The number of allylic oxidation sites excluding steroid dienone is 5. The molecule has 2 aromatic carbocycles. The first-order chi connectivity index (χ1) is 13.7. The van der Waals surface area contributed by atoms with Gasteiger partial charge in [0.05, 0.1) is 21.9 Å². The lowest BCUT2D eigenvalue weighted by Crippen LogP contribution is -2.18. The lowest BCUT2D eigenvalue weighted by Gasteiger charge is -2.20. The monoisotopic (exact) mass is 411 g/mol. The summed E-state index contributed by atoms with van der Waals surface area (Å²) in [6.07, 6.45) is -0.486. The van der Waals surface area contributed by atoms with E-state index in [1.807, 2.05) is 18.2 Å². The topological polar surface area (TPSA) is 83.8 Å². The van der Waals surface area contributed by atoms with Crippen molar-refractivity contribution < 1.29 is 22.7 Å². The minimum atomic E-state index is -4.08. The van der Waals surface area contributed by atoms with E-state index >= 15 is 4.39 Å². The summed E-state index contributed by atoms with van der Waals surface area (Å²) in [5.74, 6) is -1.88. The van der Waals surface area contributed by atoms with E-state index in [9.17, 15) is 13.2 Å². The van der Waals surface area contributed by atoms with E-state index in [1.165, 1.54) is 19.1 Å². The van der Waals surface area contributed by atoms with Gasteiger partial charge in [-0.2, -0.15) is 0 Å². The zero-order valence-electron chi connectivity index (χ0n) is 15.9. The number of carboxylic acid groups (broad SMARTS) is 1. The number of halogens is 1. The molecule has 148 valence electrons. The Bertz CT molecular complexity index is 1310. The van der Waals surface area contributed by atoms with E-state index in [4.69, 9.17) is 5.11 Å². The maximum atomic E-state index is 15.2. The molecule has 0 spiro atoms. The summed E-state index contributed by atoms with van der Waals surface area (Å²) in [6.45, 7) is 3.12. The van der Waals surface area contributed by atoms with Gasteiger partial charge in [-0.15, -0.1) is 0 Å². The molecule has 29 heavy (non-hydrogen) atoms. The van der Waals surface area contributed by atoms with E-state index < -0.39 is 21.6 Å². The van der Waals surface area contributed by atoms with Gasteiger partial charge in [0.2, 0.25) is 9.84 Å². The van der Waals surface area contributed by atoms with Crippen molar-refractivity contribution in [1.29, 1.82) is 0 Å². The van der Waals surface area contributed by atoms with E-state index in [2.05, 4.69) is 4.99 Å². The fraction of sp³-hybridized carbons (Fsp3) is 0.182. The Hall–Kier alpha value is -3.06. The predicted molar refractivity (Wildman–Crippen MR) is 109 cm³/mol. The minimum absolute atomic E-state index is 0.0200. The van der Waals surface area contributed by atoms with E-state index in [-0.39, 0.29) is 28.2 Å². The largest absolute Gasteiger partial charge is 0.481 e. The van der Waals surface area contributed by atoms with Crippen LogP contribution in [0, 0.1) is 0 Å². The molecule has 0 unspecified atom stereocenters. The third-order valence-electron chi connectivity index (χ3n) is 5.29. The van der Waals surface area contributed by atoms with Crippen molar-refractivity contribution in [3.8, 4) is 0 Å². The third kappa shape index (κ3) is 3.11. The minimum Gasteiger partial charge on any atom is -0.481 e. The number of nitrogens with zero attached hydrogens (tertiary/aromatic N) is 1. The molecule has 5 nitrogen and oxygen atoms in total. The molecule has 1 N–H and O–H groups in total. The van der Waals surface area contributed by atoms with Crippen molar-refractivity contribution in [2.24, 2.45) is 4.99 Å². The second kappa shape index (κ2) is 6.77. The Morgan fingerprint density at radius 2 is 1.83 bits per heavy atom. The number of benzene rings is 2. The number of fused-ring (bicyclic) bond motifs is 2. The molecule has 2 aliphatic rings. The molecule has 0 saturated heterocycles. The third-order valence-corrected chi connectivity index (χ3v) is 7.14. The summed E-state index contributed by atoms with van der Waals surface area (Å²) in [7, 11) is -4.08. The molecular formula is C22H18FNO4S. The molecule has 4 rings (SSSR count). The van der Waals surface area contributed by atoms with Crippen LogP contribution >= 0.6 is 0 Å². The normalized spacial score (nSPS) is 17.1. The highest BCUT2D eigenvalue weighted by Gasteiger charge is 2.37. The van der Waals surface area contributed by atoms with Crippen LogP contribution in [0.25, 0.3) is 10.8 Å². The molecule has 1 heterocycles. The highest BCUT2D eigenvalue weighted by atomic mass is 32.2. The number of aliphatic imine (C=N–C) groups is 1. The Kier molecular flexibility index (Phi) is 4.50. The van der Waals surface area contributed by atoms with Gasteiger partial charge in [0.25, 0.3) is 0 Å². The summed E-state index contributed by atoms with van der Waals surface area (Å²) in [4.78, 5) is 15.2. The fourth-order valence-corrected chi connectivity index (χ4v) is 5.39. The molecule has 0 bridgehead atoms. The average Bonchev–Trinajstić information content (AvgIpc) is 2.99. The highest BCUT2D eigenvalue weighted by Crippen LogP contribution is 2.42. The molecule has 1 aliphatic carbocycles. The summed E-state index contributed by atoms with van der Waals surface area (Å²) in [6, 6.07) is 12.0.